The maximum atomic E-state index is 6.01. The summed E-state index contributed by atoms with van der Waals surface area (Å²) in [4.78, 5) is 2.57. The molecule has 0 radical (unpaired) electrons. The van der Waals surface area contributed by atoms with E-state index < -0.39 is 0 Å². The van der Waals surface area contributed by atoms with E-state index in [0.717, 1.165) is 50.3 Å². The highest BCUT2D eigenvalue weighted by Crippen LogP contribution is 2.24. The lowest BCUT2D eigenvalue weighted by Crippen LogP contribution is -2.29. The number of unbranched alkanes of at least 4 members (excludes halogenated alkanes) is 1. The van der Waals surface area contributed by atoms with E-state index in [0.29, 0.717) is 0 Å². The summed E-state index contributed by atoms with van der Waals surface area (Å²) in [5.41, 5.74) is 5.54. The molecule has 2 heterocycles. The molecule has 0 unspecified atom stereocenters. The lowest BCUT2D eigenvalue weighted by Gasteiger charge is -2.26. The molecule has 0 saturated heterocycles. The molecule has 4 heteroatoms. The Kier molecular flexibility index (Phi) is 7.98. The van der Waals surface area contributed by atoms with E-state index in [1.807, 2.05) is 18.3 Å². The van der Waals surface area contributed by atoms with Crippen molar-refractivity contribution in [2.75, 3.05) is 19.6 Å². The topological polar surface area (TPSA) is 21.1 Å². The van der Waals surface area contributed by atoms with Gasteiger partial charge in [0.25, 0.3) is 0 Å². The molecular formula is C27H32ClN3. The third-order valence-electron chi connectivity index (χ3n) is 6.15. The maximum Gasteiger partial charge on any atom is 0.0492 e. The molecule has 1 aliphatic rings. The van der Waals surface area contributed by atoms with E-state index in [1.165, 1.54) is 41.8 Å². The molecule has 1 aromatic heterocycles. The maximum absolute atomic E-state index is 6.01. The van der Waals surface area contributed by atoms with Crippen LogP contribution in [0.15, 0.2) is 72.9 Å². The summed E-state index contributed by atoms with van der Waals surface area (Å²) in [5.74, 6) is 0. The van der Waals surface area contributed by atoms with Gasteiger partial charge in [-0.15, -0.1) is 0 Å². The van der Waals surface area contributed by atoms with Crippen LogP contribution in [0.3, 0.4) is 0 Å². The van der Waals surface area contributed by atoms with Gasteiger partial charge in [-0.05, 0) is 80.0 Å². The van der Waals surface area contributed by atoms with Gasteiger partial charge in [0.05, 0.1) is 0 Å². The first kappa shape index (κ1) is 21.9. The molecule has 3 aromatic rings. The number of hydrogen-bond donors (Lipinski definition) is 0. The average Bonchev–Trinajstić information content (AvgIpc) is 3.26. The molecule has 2 aromatic carbocycles. The largest absolute Gasteiger partial charge is 0.299 e. The minimum Gasteiger partial charge on any atom is -0.299 e. The lowest BCUT2D eigenvalue weighted by atomic mass is 9.99. The first-order valence-electron chi connectivity index (χ1n) is 11.5. The molecule has 1 aliphatic heterocycles. The molecule has 0 spiro atoms. The van der Waals surface area contributed by atoms with Crippen LogP contribution in [-0.2, 0) is 19.4 Å². The van der Waals surface area contributed by atoms with Gasteiger partial charge in [-0.1, -0.05) is 60.1 Å². The van der Waals surface area contributed by atoms with Crippen molar-refractivity contribution in [3.8, 4) is 0 Å². The van der Waals surface area contributed by atoms with Crippen molar-refractivity contribution in [1.82, 2.24) is 14.7 Å². The third kappa shape index (κ3) is 6.56. The van der Waals surface area contributed by atoms with Crippen molar-refractivity contribution >= 4 is 17.2 Å². The molecule has 0 amide bonds. The van der Waals surface area contributed by atoms with Gasteiger partial charge in [0, 0.05) is 36.5 Å². The van der Waals surface area contributed by atoms with Crippen LogP contribution in [0.25, 0.3) is 5.57 Å². The second kappa shape index (κ2) is 11.3. The average molecular weight is 434 g/mol. The molecule has 4 rings (SSSR count). The number of hydrogen-bond acceptors (Lipinski definition) is 2. The summed E-state index contributed by atoms with van der Waals surface area (Å²) in [7, 11) is 0. The van der Waals surface area contributed by atoms with Gasteiger partial charge >= 0.3 is 0 Å². The zero-order valence-corrected chi connectivity index (χ0v) is 19.0. The number of aromatic nitrogens is 2. The van der Waals surface area contributed by atoms with Crippen LogP contribution in [0.5, 0.6) is 0 Å². The Balaban J connectivity index is 1.16. The van der Waals surface area contributed by atoms with Crippen LogP contribution in [0.2, 0.25) is 5.02 Å². The van der Waals surface area contributed by atoms with E-state index in [4.69, 9.17) is 11.6 Å². The zero-order valence-electron chi connectivity index (χ0n) is 18.2. The highest BCUT2D eigenvalue weighted by molar-refractivity contribution is 6.30. The number of nitrogens with zero attached hydrogens (tertiary/aromatic N) is 3. The summed E-state index contributed by atoms with van der Waals surface area (Å²) in [6.45, 7) is 4.37. The first-order valence-corrected chi connectivity index (χ1v) is 11.9. The molecule has 0 N–H and O–H groups in total. The summed E-state index contributed by atoms with van der Waals surface area (Å²) in [5, 5.41) is 5.35. The minimum absolute atomic E-state index is 0.805. The van der Waals surface area contributed by atoms with Gasteiger partial charge < -0.3 is 0 Å². The van der Waals surface area contributed by atoms with Crippen LogP contribution < -0.4 is 0 Å². The quantitative estimate of drug-likeness (QED) is 0.351. The van der Waals surface area contributed by atoms with Crippen LogP contribution in [0.1, 0.15) is 42.5 Å². The Bertz CT molecular complexity index is 960. The number of halogens is 1. The van der Waals surface area contributed by atoms with Crippen molar-refractivity contribution in [1.29, 1.82) is 0 Å². The Hall–Kier alpha value is -2.36. The molecule has 0 bridgehead atoms. The predicted octanol–water partition coefficient (Wildman–Crippen LogP) is 6.28. The molecular weight excluding hydrogens is 402 g/mol. The minimum atomic E-state index is 0.805. The Morgan fingerprint density at radius 2 is 1.68 bits per heavy atom. The summed E-state index contributed by atoms with van der Waals surface area (Å²) in [6, 6.07) is 21.1. The fraction of sp³-hybridized carbons (Fsp3) is 0.370. The van der Waals surface area contributed by atoms with Crippen LogP contribution in [0.4, 0.5) is 0 Å². The lowest BCUT2D eigenvalue weighted by molar-refractivity contribution is 0.294. The second-order valence-electron chi connectivity index (χ2n) is 8.38. The number of rotatable bonds is 10. The van der Waals surface area contributed by atoms with Gasteiger partial charge in [0.15, 0.2) is 0 Å². The van der Waals surface area contributed by atoms with Gasteiger partial charge in [-0.3, -0.25) is 9.58 Å². The fourth-order valence-corrected chi connectivity index (χ4v) is 4.46. The van der Waals surface area contributed by atoms with Crippen molar-refractivity contribution in [2.45, 2.75) is 45.1 Å². The Morgan fingerprint density at radius 1 is 0.839 bits per heavy atom. The monoisotopic (exact) mass is 433 g/mol. The van der Waals surface area contributed by atoms with Crippen molar-refractivity contribution in [3.05, 3.63) is 94.8 Å². The SMILES string of the molecule is Clc1ccc(C2=CCN(CCCCc3ccnn3CCCc3ccccc3)CC2)cc1. The molecule has 31 heavy (non-hydrogen) atoms. The second-order valence-corrected chi connectivity index (χ2v) is 8.82. The fourth-order valence-electron chi connectivity index (χ4n) is 4.33. The van der Waals surface area contributed by atoms with Crippen molar-refractivity contribution < 1.29 is 0 Å². The predicted molar refractivity (Wildman–Crippen MR) is 130 cm³/mol. The van der Waals surface area contributed by atoms with Gasteiger partial charge in [0.2, 0.25) is 0 Å². The van der Waals surface area contributed by atoms with Crippen molar-refractivity contribution in [2.24, 2.45) is 0 Å². The smallest absolute Gasteiger partial charge is 0.0492 e. The Labute approximate surface area is 191 Å². The molecule has 0 atom stereocenters. The highest BCUT2D eigenvalue weighted by Gasteiger charge is 2.13. The third-order valence-corrected chi connectivity index (χ3v) is 6.40. The highest BCUT2D eigenvalue weighted by atomic mass is 35.5. The standard InChI is InChI=1S/C27H32ClN3/c28-26-13-11-24(12-14-26)25-16-21-30(22-17-25)19-5-4-10-27-15-18-29-31(27)20-6-9-23-7-2-1-3-8-23/h1-3,7-8,11-16,18H,4-6,9-10,17,19-22H2. The normalized spacial score (nSPS) is 14.5. The zero-order chi connectivity index (χ0) is 21.3. The number of aryl methyl sites for hydroxylation is 3. The van der Waals surface area contributed by atoms with E-state index in [1.54, 1.807) is 0 Å². The molecule has 3 nitrogen and oxygen atoms in total. The van der Waals surface area contributed by atoms with Crippen LogP contribution in [0, 0.1) is 0 Å². The van der Waals surface area contributed by atoms with Gasteiger partial charge in [0.1, 0.15) is 0 Å². The Morgan fingerprint density at radius 3 is 2.45 bits per heavy atom. The van der Waals surface area contributed by atoms with E-state index in [9.17, 15) is 0 Å². The molecule has 162 valence electrons. The van der Waals surface area contributed by atoms with Crippen LogP contribution in [-0.4, -0.2) is 34.3 Å². The van der Waals surface area contributed by atoms with Crippen molar-refractivity contribution in [3.63, 3.8) is 0 Å². The van der Waals surface area contributed by atoms with Gasteiger partial charge in [-0.2, -0.15) is 5.10 Å². The molecule has 0 aliphatic carbocycles. The van der Waals surface area contributed by atoms with Gasteiger partial charge in [-0.25, -0.2) is 0 Å². The summed E-state index contributed by atoms with van der Waals surface area (Å²) < 4.78 is 2.20. The number of benzene rings is 2. The first-order chi connectivity index (χ1) is 15.3. The van der Waals surface area contributed by atoms with E-state index in [-0.39, 0.29) is 0 Å². The van der Waals surface area contributed by atoms with Crippen LogP contribution >= 0.6 is 11.6 Å². The summed E-state index contributed by atoms with van der Waals surface area (Å²) in [6.07, 6.45) is 11.3. The molecule has 0 saturated carbocycles. The van der Waals surface area contributed by atoms with E-state index in [2.05, 4.69) is 69.3 Å². The van der Waals surface area contributed by atoms with E-state index >= 15 is 0 Å². The summed E-state index contributed by atoms with van der Waals surface area (Å²) >= 11 is 6.01. The molecule has 0 fully saturated rings.